The topological polar surface area (TPSA) is 95.7 Å². The number of hydrogen-bond donors (Lipinski definition) is 3. The Hall–Kier alpha value is -1.30. The largest absolute Gasteiger partial charge is 0.465 e. The van der Waals surface area contributed by atoms with Gasteiger partial charge in [0.05, 0.1) is 6.04 Å². The molecule has 1 unspecified atom stereocenters. The van der Waals surface area contributed by atoms with E-state index in [2.05, 4.69) is 5.32 Å². The Bertz CT molecular complexity index is 252. The third kappa shape index (κ3) is 4.06. The van der Waals surface area contributed by atoms with Gasteiger partial charge in [-0.15, -0.1) is 0 Å². The summed E-state index contributed by atoms with van der Waals surface area (Å²) in [6.07, 6.45) is 2.50. The predicted molar refractivity (Wildman–Crippen MR) is 59.1 cm³/mol. The molecule has 1 aliphatic rings. The number of hydrogen-bond acceptors (Lipinski definition) is 3. The maximum Gasteiger partial charge on any atom is 0.404 e. The fourth-order valence-corrected chi connectivity index (χ4v) is 1.81. The second-order valence-electron chi connectivity index (χ2n) is 4.01. The SMILES string of the molecule is NC(CCNC(=O)O)C(=O)N1CCCCC1. The van der Waals surface area contributed by atoms with Crippen LogP contribution in [0, 0.1) is 0 Å². The van der Waals surface area contributed by atoms with Gasteiger partial charge in [0.2, 0.25) is 5.91 Å². The van der Waals surface area contributed by atoms with E-state index in [0.29, 0.717) is 6.42 Å². The minimum atomic E-state index is -1.09. The summed E-state index contributed by atoms with van der Waals surface area (Å²) in [7, 11) is 0. The normalized spacial score (nSPS) is 17.9. The Morgan fingerprint density at radius 3 is 2.50 bits per heavy atom. The highest BCUT2D eigenvalue weighted by molar-refractivity contribution is 5.81. The molecule has 4 N–H and O–H groups in total. The van der Waals surface area contributed by atoms with Gasteiger partial charge >= 0.3 is 6.09 Å². The van der Waals surface area contributed by atoms with Crippen molar-refractivity contribution in [2.45, 2.75) is 31.7 Å². The second-order valence-corrected chi connectivity index (χ2v) is 4.01. The van der Waals surface area contributed by atoms with Crippen LogP contribution in [0.3, 0.4) is 0 Å². The molecule has 2 amide bonds. The molecule has 0 aromatic rings. The first-order valence-electron chi connectivity index (χ1n) is 5.62. The highest BCUT2D eigenvalue weighted by Gasteiger charge is 2.22. The highest BCUT2D eigenvalue weighted by Crippen LogP contribution is 2.10. The lowest BCUT2D eigenvalue weighted by Crippen LogP contribution is -2.47. The average Bonchev–Trinajstić information content (AvgIpc) is 2.28. The Morgan fingerprint density at radius 2 is 1.94 bits per heavy atom. The van der Waals surface area contributed by atoms with Crippen molar-refractivity contribution in [3.63, 3.8) is 0 Å². The van der Waals surface area contributed by atoms with Crippen molar-refractivity contribution in [1.29, 1.82) is 0 Å². The van der Waals surface area contributed by atoms with E-state index in [9.17, 15) is 9.59 Å². The lowest BCUT2D eigenvalue weighted by atomic mass is 10.1. The van der Waals surface area contributed by atoms with Gasteiger partial charge in [0.1, 0.15) is 0 Å². The van der Waals surface area contributed by atoms with E-state index in [1.54, 1.807) is 4.90 Å². The zero-order valence-corrected chi connectivity index (χ0v) is 9.32. The Labute approximate surface area is 94.8 Å². The van der Waals surface area contributed by atoms with Crippen molar-refractivity contribution in [3.8, 4) is 0 Å². The van der Waals surface area contributed by atoms with Crippen LogP contribution in [0.15, 0.2) is 0 Å². The summed E-state index contributed by atoms with van der Waals surface area (Å²) in [5, 5.41) is 10.6. The molecule has 16 heavy (non-hydrogen) atoms. The second kappa shape index (κ2) is 6.32. The number of amides is 2. The Balaban J connectivity index is 2.26. The molecule has 1 atom stereocenters. The van der Waals surface area contributed by atoms with Gasteiger partial charge < -0.3 is 21.1 Å². The van der Waals surface area contributed by atoms with Crippen LogP contribution in [-0.4, -0.2) is 47.7 Å². The van der Waals surface area contributed by atoms with E-state index in [0.717, 1.165) is 25.9 Å². The molecule has 1 fully saturated rings. The minimum absolute atomic E-state index is 0.0631. The lowest BCUT2D eigenvalue weighted by molar-refractivity contribution is -0.133. The summed E-state index contributed by atoms with van der Waals surface area (Å²) in [6, 6.07) is -0.593. The zero-order valence-electron chi connectivity index (χ0n) is 9.32. The number of piperidine rings is 1. The van der Waals surface area contributed by atoms with Crippen LogP contribution in [0.4, 0.5) is 4.79 Å². The van der Waals surface area contributed by atoms with Crippen LogP contribution >= 0.6 is 0 Å². The van der Waals surface area contributed by atoms with Gasteiger partial charge in [-0.25, -0.2) is 4.79 Å². The molecule has 1 aliphatic heterocycles. The van der Waals surface area contributed by atoms with Crippen LogP contribution in [0.5, 0.6) is 0 Å². The number of carbonyl (C=O) groups excluding carboxylic acids is 1. The summed E-state index contributed by atoms with van der Waals surface area (Å²) in [5.41, 5.74) is 5.71. The third-order valence-electron chi connectivity index (χ3n) is 2.72. The van der Waals surface area contributed by atoms with Crippen LogP contribution in [0.25, 0.3) is 0 Å². The van der Waals surface area contributed by atoms with Gasteiger partial charge in [0.25, 0.3) is 0 Å². The summed E-state index contributed by atoms with van der Waals surface area (Å²) in [6.45, 7) is 1.77. The van der Waals surface area contributed by atoms with Gasteiger partial charge in [-0.05, 0) is 25.7 Å². The van der Waals surface area contributed by atoms with Crippen LogP contribution in [0.2, 0.25) is 0 Å². The molecule has 92 valence electrons. The fourth-order valence-electron chi connectivity index (χ4n) is 1.81. The van der Waals surface area contributed by atoms with Gasteiger partial charge in [-0.3, -0.25) is 4.79 Å². The zero-order chi connectivity index (χ0) is 12.0. The average molecular weight is 229 g/mol. The van der Waals surface area contributed by atoms with E-state index >= 15 is 0 Å². The summed E-state index contributed by atoms with van der Waals surface area (Å²) < 4.78 is 0. The quantitative estimate of drug-likeness (QED) is 0.631. The fraction of sp³-hybridized carbons (Fsp3) is 0.800. The minimum Gasteiger partial charge on any atom is -0.465 e. The Morgan fingerprint density at radius 1 is 1.31 bits per heavy atom. The molecule has 0 spiro atoms. The number of carboxylic acid groups (broad SMARTS) is 1. The van der Waals surface area contributed by atoms with Crippen molar-refractivity contribution in [2.75, 3.05) is 19.6 Å². The van der Waals surface area contributed by atoms with Crippen LogP contribution in [-0.2, 0) is 4.79 Å². The molecule has 6 nitrogen and oxygen atoms in total. The number of nitrogens with one attached hydrogen (secondary N) is 1. The van der Waals surface area contributed by atoms with Crippen molar-refractivity contribution in [2.24, 2.45) is 5.73 Å². The van der Waals surface area contributed by atoms with Crippen molar-refractivity contribution in [3.05, 3.63) is 0 Å². The third-order valence-corrected chi connectivity index (χ3v) is 2.72. The smallest absolute Gasteiger partial charge is 0.404 e. The molecule has 0 radical (unpaired) electrons. The lowest BCUT2D eigenvalue weighted by Gasteiger charge is -2.29. The molecule has 0 aromatic carbocycles. The van der Waals surface area contributed by atoms with E-state index in [1.807, 2.05) is 0 Å². The van der Waals surface area contributed by atoms with Gasteiger partial charge in [0.15, 0.2) is 0 Å². The van der Waals surface area contributed by atoms with Crippen LogP contribution in [0.1, 0.15) is 25.7 Å². The summed E-state index contributed by atoms with van der Waals surface area (Å²) >= 11 is 0. The van der Waals surface area contributed by atoms with Gasteiger partial charge in [-0.1, -0.05) is 0 Å². The maximum atomic E-state index is 11.8. The molecule has 0 saturated carbocycles. The number of likely N-dealkylation sites (tertiary alicyclic amines) is 1. The molecule has 6 heteroatoms. The van der Waals surface area contributed by atoms with Crippen molar-refractivity contribution < 1.29 is 14.7 Å². The Kier molecular flexibility index (Phi) is 5.04. The van der Waals surface area contributed by atoms with Gasteiger partial charge in [0, 0.05) is 19.6 Å². The van der Waals surface area contributed by atoms with Crippen LogP contribution < -0.4 is 11.1 Å². The van der Waals surface area contributed by atoms with E-state index in [4.69, 9.17) is 10.8 Å². The molecule has 1 heterocycles. The number of carbonyl (C=O) groups is 2. The number of rotatable bonds is 4. The van der Waals surface area contributed by atoms with Crippen molar-refractivity contribution in [1.82, 2.24) is 10.2 Å². The summed E-state index contributed by atoms with van der Waals surface area (Å²) in [5.74, 6) is -0.0631. The molecule has 1 saturated heterocycles. The van der Waals surface area contributed by atoms with Crippen molar-refractivity contribution >= 4 is 12.0 Å². The monoisotopic (exact) mass is 229 g/mol. The first-order chi connectivity index (χ1) is 7.61. The van der Waals surface area contributed by atoms with Gasteiger partial charge in [-0.2, -0.15) is 0 Å². The van der Waals surface area contributed by atoms with E-state index < -0.39 is 12.1 Å². The summed E-state index contributed by atoms with van der Waals surface area (Å²) in [4.78, 5) is 23.8. The number of nitrogens with two attached hydrogens (primary N) is 1. The molecule has 0 aromatic heterocycles. The molecular weight excluding hydrogens is 210 g/mol. The van der Waals surface area contributed by atoms with E-state index in [1.165, 1.54) is 6.42 Å². The number of nitrogens with zero attached hydrogens (tertiary/aromatic N) is 1. The molecule has 0 bridgehead atoms. The molecule has 1 rings (SSSR count). The maximum absolute atomic E-state index is 11.8. The standard InChI is InChI=1S/C10H19N3O3/c11-8(4-5-12-10(15)16)9(14)13-6-2-1-3-7-13/h8,12H,1-7,11H2,(H,15,16). The highest BCUT2D eigenvalue weighted by atomic mass is 16.4. The molecular formula is C10H19N3O3. The first kappa shape index (κ1) is 12.8. The molecule has 0 aliphatic carbocycles. The first-order valence-corrected chi connectivity index (χ1v) is 5.62. The predicted octanol–water partition coefficient (Wildman–Crippen LogP) is -0.0161. The van der Waals surface area contributed by atoms with E-state index in [-0.39, 0.29) is 12.5 Å².